The lowest BCUT2D eigenvalue weighted by molar-refractivity contribution is 0.415. The van der Waals surface area contributed by atoms with Crippen molar-refractivity contribution in [1.82, 2.24) is 9.97 Å². The molecule has 0 atom stereocenters. The summed E-state index contributed by atoms with van der Waals surface area (Å²) in [7, 11) is 1.62. The highest BCUT2D eigenvalue weighted by atomic mass is 16.5. The fourth-order valence-corrected chi connectivity index (χ4v) is 2.10. The second kappa shape index (κ2) is 5.63. The minimum atomic E-state index is -0.172. The van der Waals surface area contributed by atoms with Crippen LogP contribution in [0.1, 0.15) is 0 Å². The van der Waals surface area contributed by atoms with Gasteiger partial charge in [0.1, 0.15) is 11.6 Å². The van der Waals surface area contributed by atoms with Crippen LogP contribution in [0, 0.1) is 0 Å². The number of benzene rings is 2. The number of rotatable bonds is 3. The number of nitrogens with zero attached hydrogens (tertiary/aromatic N) is 1. The van der Waals surface area contributed by atoms with Crippen molar-refractivity contribution < 1.29 is 4.74 Å². The molecule has 21 heavy (non-hydrogen) atoms. The molecule has 1 heterocycles. The van der Waals surface area contributed by atoms with Gasteiger partial charge in [-0.2, -0.15) is 0 Å². The van der Waals surface area contributed by atoms with Gasteiger partial charge >= 0.3 is 0 Å². The molecule has 0 fully saturated rings. The number of aromatic nitrogens is 2. The van der Waals surface area contributed by atoms with Gasteiger partial charge in [-0.15, -0.1) is 0 Å². The van der Waals surface area contributed by atoms with E-state index in [9.17, 15) is 4.79 Å². The molecule has 1 aromatic heterocycles. The first-order chi connectivity index (χ1) is 10.3. The van der Waals surface area contributed by atoms with Gasteiger partial charge in [0.15, 0.2) is 0 Å². The van der Waals surface area contributed by atoms with Gasteiger partial charge in [0.05, 0.1) is 12.8 Å². The quantitative estimate of drug-likeness (QED) is 0.801. The highest BCUT2D eigenvalue weighted by molar-refractivity contribution is 5.63. The molecule has 3 aromatic rings. The van der Waals surface area contributed by atoms with Crippen molar-refractivity contribution in [3.05, 3.63) is 71.0 Å². The van der Waals surface area contributed by atoms with E-state index in [0.717, 1.165) is 16.9 Å². The van der Waals surface area contributed by atoms with Gasteiger partial charge in [-0.05, 0) is 24.3 Å². The van der Waals surface area contributed by atoms with E-state index in [4.69, 9.17) is 4.74 Å². The summed E-state index contributed by atoms with van der Waals surface area (Å²) in [5.41, 5.74) is 2.22. The first-order valence-corrected chi connectivity index (χ1v) is 6.57. The molecule has 0 bridgehead atoms. The number of H-pyrrole nitrogens is 1. The van der Waals surface area contributed by atoms with E-state index >= 15 is 0 Å². The summed E-state index contributed by atoms with van der Waals surface area (Å²) in [5, 5.41) is 0. The molecule has 0 aliphatic carbocycles. The number of ether oxygens (including phenoxy) is 1. The average molecular weight is 278 g/mol. The number of nitrogens with one attached hydrogen (secondary N) is 1. The van der Waals surface area contributed by atoms with Crippen molar-refractivity contribution in [3.8, 4) is 28.4 Å². The lowest BCUT2D eigenvalue weighted by atomic mass is 10.1. The van der Waals surface area contributed by atoms with Crippen LogP contribution < -0.4 is 10.3 Å². The van der Waals surface area contributed by atoms with Crippen molar-refractivity contribution >= 4 is 0 Å². The molecular weight excluding hydrogens is 264 g/mol. The summed E-state index contributed by atoms with van der Waals surface area (Å²) in [6, 6.07) is 18.5. The van der Waals surface area contributed by atoms with Gasteiger partial charge in [-0.3, -0.25) is 4.79 Å². The maximum absolute atomic E-state index is 11.9. The Balaban J connectivity index is 2.07. The zero-order valence-electron chi connectivity index (χ0n) is 11.5. The SMILES string of the molecule is COc1ccc(-c2cc(=O)[nH]c(-c3ccccc3)n2)cc1. The van der Waals surface area contributed by atoms with E-state index in [1.165, 1.54) is 6.07 Å². The standard InChI is InChI=1S/C17H14N2O2/c1-21-14-9-7-12(8-10-14)15-11-16(20)19-17(18-15)13-5-3-2-4-6-13/h2-11H,1H3,(H,18,19,20). The molecule has 0 amide bonds. The van der Waals surface area contributed by atoms with E-state index in [1.807, 2.05) is 54.6 Å². The monoisotopic (exact) mass is 278 g/mol. The molecule has 0 saturated carbocycles. The van der Waals surface area contributed by atoms with Crippen LogP contribution >= 0.6 is 0 Å². The lowest BCUT2D eigenvalue weighted by Crippen LogP contribution is -2.08. The molecule has 0 saturated heterocycles. The van der Waals surface area contributed by atoms with Crippen LogP contribution in [0.4, 0.5) is 0 Å². The Bertz CT molecular complexity index is 793. The fourth-order valence-electron chi connectivity index (χ4n) is 2.10. The smallest absolute Gasteiger partial charge is 0.251 e. The lowest BCUT2D eigenvalue weighted by Gasteiger charge is -2.05. The molecule has 0 unspecified atom stereocenters. The van der Waals surface area contributed by atoms with Crippen LogP contribution in [0.5, 0.6) is 5.75 Å². The van der Waals surface area contributed by atoms with Gasteiger partial charge in [0.25, 0.3) is 5.56 Å². The molecule has 2 aromatic carbocycles. The summed E-state index contributed by atoms with van der Waals surface area (Å²) >= 11 is 0. The third-order valence-electron chi connectivity index (χ3n) is 3.17. The van der Waals surface area contributed by atoms with Crippen LogP contribution in [0.3, 0.4) is 0 Å². The molecule has 0 aliphatic rings. The average Bonchev–Trinajstić information content (AvgIpc) is 2.55. The fraction of sp³-hybridized carbons (Fsp3) is 0.0588. The largest absolute Gasteiger partial charge is 0.497 e. The van der Waals surface area contributed by atoms with E-state index in [1.54, 1.807) is 7.11 Å². The summed E-state index contributed by atoms with van der Waals surface area (Å²) < 4.78 is 5.13. The number of aromatic amines is 1. The molecular formula is C17H14N2O2. The Morgan fingerprint density at radius 1 is 0.952 bits per heavy atom. The van der Waals surface area contributed by atoms with Gasteiger partial charge in [0, 0.05) is 17.2 Å². The maximum Gasteiger partial charge on any atom is 0.251 e. The summed E-state index contributed by atoms with van der Waals surface area (Å²) in [5.74, 6) is 1.33. The summed E-state index contributed by atoms with van der Waals surface area (Å²) in [4.78, 5) is 19.2. The Labute approximate surface area is 122 Å². The highest BCUT2D eigenvalue weighted by Crippen LogP contribution is 2.21. The van der Waals surface area contributed by atoms with Crippen molar-refractivity contribution in [2.24, 2.45) is 0 Å². The number of methoxy groups -OCH3 is 1. The van der Waals surface area contributed by atoms with Gasteiger partial charge in [-0.25, -0.2) is 4.98 Å². The van der Waals surface area contributed by atoms with Crippen molar-refractivity contribution in [1.29, 1.82) is 0 Å². The van der Waals surface area contributed by atoms with Crippen molar-refractivity contribution in [2.45, 2.75) is 0 Å². The van der Waals surface area contributed by atoms with Gasteiger partial charge in [-0.1, -0.05) is 30.3 Å². The molecule has 4 nitrogen and oxygen atoms in total. The molecule has 1 N–H and O–H groups in total. The van der Waals surface area contributed by atoms with E-state index in [-0.39, 0.29) is 5.56 Å². The van der Waals surface area contributed by atoms with Crippen LogP contribution in [0.25, 0.3) is 22.6 Å². The Hall–Kier alpha value is -2.88. The van der Waals surface area contributed by atoms with E-state index in [2.05, 4.69) is 9.97 Å². The maximum atomic E-state index is 11.9. The van der Waals surface area contributed by atoms with Crippen molar-refractivity contribution in [3.63, 3.8) is 0 Å². The molecule has 104 valence electrons. The van der Waals surface area contributed by atoms with Gasteiger partial charge in [0.2, 0.25) is 0 Å². The first kappa shape index (κ1) is 13.1. The molecule has 4 heteroatoms. The molecule has 3 rings (SSSR count). The number of hydrogen-bond donors (Lipinski definition) is 1. The van der Waals surface area contributed by atoms with Crippen LogP contribution in [0.2, 0.25) is 0 Å². The Morgan fingerprint density at radius 3 is 2.33 bits per heavy atom. The zero-order chi connectivity index (χ0) is 14.7. The van der Waals surface area contributed by atoms with E-state index < -0.39 is 0 Å². The second-order valence-electron chi connectivity index (χ2n) is 4.57. The molecule has 0 radical (unpaired) electrons. The molecule has 0 aliphatic heterocycles. The molecule has 0 spiro atoms. The normalized spacial score (nSPS) is 10.3. The minimum absolute atomic E-state index is 0.172. The predicted octanol–water partition coefficient (Wildman–Crippen LogP) is 3.11. The zero-order valence-corrected chi connectivity index (χ0v) is 11.5. The third-order valence-corrected chi connectivity index (χ3v) is 3.17. The number of hydrogen-bond acceptors (Lipinski definition) is 3. The predicted molar refractivity (Wildman–Crippen MR) is 82.3 cm³/mol. The first-order valence-electron chi connectivity index (χ1n) is 6.57. The van der Waals surface area contributed by atoms with E-state index in [0.29, 0.717) is 11.5 Å². The summed E-state index contributed by atoms with van der Waals surface area (Å²) in [6.45, 7) is 0. The minimum Gasteiger partial charge on any atom is -0.497 e. The van der Waals surface area contributed by atoms with Crippen LogP contribution in [-0.2, 0) is 0 Å². The Morgan fingerprint density at radius 2 is 1.67 bits per heavy atom. The van der Waals surface area contributed by atoms with Crippen LogP contribution in [-0.4, -0.2) is 17.1 Å². The van der Waals surface area contributed by atoms with Gasteiger partial charge < -0.3 is 9.72 Å². The topological polar surface area (TPSA) is 55.0 Å². The van der Waals surface area contributed by atoms with Crippen molar-refractivity contribution in [2.75, 3.05) is 7.11 Å². The third kappa shape index (κ3) is 2.84. The van der Waals surface area contributed by atoms with Crippen LogP contribution in [0.15, 0.2) is 65.5 Å². The Kier molecular flexibility index (Phi) is 3.51. The summed E-state index contributed by atoms with van der Waals surface area (Å²) in [6.07, 6.45) is 0. The highest BCUT2D eigenvalue weighted by Gasteiger charge is 2.06. The second-order valence-corrected chi connectivity index (χ2v) is 4.57.